The Morgan fingerprint density at radius 2 is 0.725 bits per heavy atom. The molecule has 0 radical (unpaired) electrons. The van der Waals surface area contributed by atoms with Crippen molar-refractivity contribution in [1.82, 2.24) is 8.61 Å². The molecule has 0 amide bonds. The van der Waals surface area contributed by atoms with Crippen LogP contribution in [-0.2, 0) is 20.0 Å². The van der Waals surface area contributed by atoms with Gasteiger partial charge in [0.1, 0.15) is 0 Å². The number of hydrogen-bond donors (Lipinski definition) is 0. The first-order chi connectivity index (χ1) is 19.2. The summed E-state index contributed by atoms with van der Waals surface area (Å²) in [4.78, 5) is 27.0. The number of benzene rings is 2. The van der Waals surface area contributed by atoms with Crippen LogP contribution in [0.15, 0.2) is 46.2 Å². The monoisotopic (exact) mass is 586 g/mol. The molecule has 0 spiro atoms. The zero-order valence-corrected chi connectivity index (χ0v) is 24.6. The normalized spacial score (nSPS) is 20.7. The van der Waals surface area contributed by atoms with Gasteiger partial charge < -0.3 is 0 Å². The predicted octanol–water partition coefficient (Wildman–Crippen LogP) is 5.15. The maximum atomic E-state index is 13.7. The number of fused-ring (bicyclic) bond motifs is 2. The molecule has 2 fully saturated rings. The van der Waals surface area contributed by atoms with Crippen molar-refractivity contribution in [3.05, 3.63) is 58.7 Å². The molecule has 0 atom stereocenters. The van der Waals surface area contributed by atoms with Gasteiger partial charge in [0.15, 0.2) is 11.6 Å². The van der Waals surface area contributed by atoms with E-state index in [0.29, 0.717) is 26.2 Å². The molecular weight excluding hydrogens is 548 g/mol. The summed E-state index contributed by atoms with van der Waals surface area (Å²) in [5.74, 6) is -0.948. The van der Waals surface area contributed by atoms with Crippen molar-refractivity contribution >= 4 is 31.6 Å². The van der Waals surface area contributed by atoms with E-state index in [-0.39, 0.29) is 32.0 Å². The lowest BCUT2D eigenvalue weighted by atomic mass is 9.84. The van der Waals surface area contributed by atoms with E-state index < -0.39 is 31.6 Å². The zero-order chi connectivity index (χ0) is 28.3. The van der Waals surface area contributed by atoms with Crippen molar-refractivity contribution in [1.29, 1.82) is 0 Å². The molecule has 2 saturated heterocycles. The molecule has 0 bridgehead atoms. The predicted molar refractivity (Wildman–Crippen MR) is 153 cm³/mol. The molecule has 0 N–H and O–H groups in total. The summed E-state index contributed by atoms with van der Waals surface area (Å²) in [5, 5.41) is 0. The third kappa shape index (κ3) is 5.82. The van der Waals surface area contributed by atoms with E-state index in [1.54, 1.807) is 0 Å². The van der Waals surface area contributed by atoms with Gasteiger partial charge in [-0.2, -0.15) is 8.61 Å². The summed E-state index contributed by atoms with van der Waals surface area (Å²) in [7, 11) is -7.72. The first-order valence-electron chi connectivity index (χ1n) is 14.6. The van der Waals surface area contributed by atoms with Gasteiger partial charge >= 0.3 is 0 Å². The molecule has 5 rings (SSSR count). The summed E-state index contributed by atoms with van der Waals surface area (Å²) in [6.45, 7) is 1.69. The fourth-order valence-corrected chi connectivity index (χ4v) is 9.09. The molecule has 8 nitrogen and oxygen atoms in total. The van der Waals surface area contributed by atoms with Crippen LogP contribution in [0.4, 0.5) is 0 Å². The molecule has 0 unspecified atom stereocenters. The number of hydrogen-bond acceptors (Lipinski definition) is 6. The summed E-state index contributed by atoms with van der Waals surface area (Å²) < 4.78 is 57.2. The maximum Gasteiger partial charge on any atom is 0.243 e. The highest BCUT2D eigenvalue weighted by Crippen LogP contribution is 2.32. The van der Waals surface area contributed by atoms with Crippen LogP contribution in [0.2, 0.25) is 0 Å². The van der Waals surface area contributed by atoms with Gasteiger partial charge in [-0.1, -0.05) is 51.4 Å². The Morgan fingerprint density at radius 1 is 0.425 bits per heavy atom. The average Bonchev–Trinajstić information content (AvgIpc) is 3.19. The molecule has 0 saturated carbocycles. The van der Waals surface area contributed by atoms with E-state index in [9.17, 15) is 26.4 Å². The van der Waals surface area contributed by atoms with Gasteiger partial charge in [0.25, 0.3) is 0 Å². The Labute approximate surface area is 237 Å². The quantitative estimate of drug-likeness (QED) is 0.418. The number of ketones is 2. The number of nitrogens with zero attached hydrogens (tertiary/aromatic N) is 2. The fraction of sp³-hybridized carbons (Fsp3) is 0.533. The van der Waals surface area contributed by atoms with Gasteiger partial charge in [-0.3, -0.25) is 9.59 Å². The van der Waals surface area contributed by atoms with Crippen LogP contribution in [0.3, 0.4) is 0 Å². The smallest absolute Gasteiger partial charge is 0.243 e. The highest BCUT2D eigenvalue weighted by atomic mass is 32.2. The van der Waals surface area contributed by atoms with Crippen LogP contribution in [0.5, 0.6) is 0 Å². The minimum absolute atomic E-state index is 0.000127. The molecule has 2 aliphatic heterocycles. The fourth-order valence-electron chi connectivity index (χ4n) is 6.00. The molecule has 2 aromatic rings. The first kappa shape index (κ1) is 29.1. The van der Waals surface area contributed by atoms with Crippen molar-refractivity contribution in [2.24, 2.45) is 0 Å². The van der Waals surface area contributed by atoms with Gasteiger partial charge in [-0.25, -0.2) is 16.8 Å². The lowest BCUT2D eigenvalue weighted by Gasteiger charge is -2.24. The van der Waals surface area contributed by atoms with E-state index in [1.807, 2.05) is 0 Å². The Hall–Kier alpha value is -2.40. The summed E-state index contributed by atoms with van der Waals surface area (Å²) in [6, 6.07) is 8.22. The second-order valence-corrected chi connectivity index (χ2v) is 15.0. The minimum atomic E-state index is -3.86. The zero-order valence-electron chi connectivity index (χ0n) is 22.9. The SMILES string of the molecule is O=C1c2ccc(S(=O)(=O)N3CCCCCCCC3)cc2C(=O)c2cc(S(=O)(=O)N3CCCCCCCC3)ccc21. The van der Waals surface area contributed by atoms with E-state index in [1.165, 1.54) is 45.0 Å². The highest BCUT2D eigenvalue weighted by molar-refractivity contribution is 7.89. The maximum absolute atomic E-state index is 13.7. The van der Waals surface area contributed by atoms with Crippen molar-refractivity contribution in [2.75, 3.05) is 26.2 Å². The van der Waals surface area contributed by atoms with Crippen molar-refractivity contribution < 1.29 is 26.4 Å². The van der Waals surface area contributed by atoms with Gasteiger partial charge in [-0.15, -0.1) is 0 Å². The van der Waals surface area contributed by atoms with Gasteiger partial charge in [0.2, 0.25) is 20.0 Å². The first-order valence-corrected chi connectivity index (χ1v) is 17.5. The van der Waals surface area contributed by atoms with Crippen molar-refractivity contribution in [2.45, 2.75) is 86.8 Å². The molecule has 2 heterocycles. The molecular formula is C30H38N2O6S2. The van der Waals surface area contributed by atoms with E-state index >= 15 is 0 Å². The number of carbonyl (C=O) groups is 2. The molecule has 0 aromatic heterocycles. The van der Waals surface area contributed by atoms with Crippen LogP contribution in [0.25, 0.3) is 0 Å². The van der Waals surface area contributed by atoms with E-state index in [0.717, 1.165) is 77.0 Å². The van der Waals surface area contributed by atoms with Gasteiger partial charge in [-0.05, 0) is 62.1 Å². The van der Waals surface area contributed by atoms with E-state index in [4.69, 9.17) is 0 Å². The minimum Gasteiger partial charge on any atom is -0.289 e. The van der Waals surface area contributed by atoms with Gasteiger partial charge in [0, 0.05) is 48.4 Å². The second-order valence-electron chi connectivity index (χ2n) is 11.1. The molecule has 216 valence electrons. The lowest BCUT2D eigenvalue weighted by molar-refractivity contribution is 0.0978. The van der Waals surface area contributed by atoms with Crippen LogP contribution in [-0.4, -0.2) is 63.2 Å². The van der Waals surface area contributed by atoms with E-state index in [2.05, 4.69) is 0 Å². The standard InChI is InChI=1S/C30H38N2O6S2/c33-29-25-15-13-23(39(35,36)31-17-9-5-1-2-6-10-18-31)21-27(25)30(34)28-22-24(14-16-26(28)29)40(37,38)32-19-11-7-3-4-8-12-20-32/h13-16,21-22H,1-12,17-20H2. The Morgan fingerprint density at radius 3 is 1.07 bits per heavy atom. The third-order valence-corrected chi connectivity index (χ3v) is 12.2. The molecule has 40 heavy (non-hydrogen) atoms. The molecule has 10 heteroatoms. The third-order valence-electron chi connectivity index (χ3n) is 8.37. The van der Waals surface area contributed by atoms with Crippen LogP contribution in [0, 0.1) is 0 Å². The van der Waals surface area contributed by atoms with Gasteiger partial charge in [0.05, 0.1) is 9.79 Å². The summed E-state index contributed by atoms with van der Waals surface area (Å²) in [6.07, 6.45) is 11.4. The Kier molecular flexibility index (Phi) is 8.89. The van der Waals surface area contributed by atoms with Crippen LogP contribution >= 0.6 is 0 Å². The highest BCUT2D eigenvalue weighted by Gasteiger charge is 2.34. The number of carbonyl (C=O) groups excluding carboxylic acids is 2. The Bertz CT molecular complexity index is 1370. The molecule has 2 aromatic carbocycles. The largest absolute Gasteiger partial charge is 0.289 e. The topological polar surface area (TPSA) is 109 Å². The number of rotatable bonds is 4. The lowest BCUT2D eigenvalue weighted by Crippen LogP contribution is -2.33. The van der Waals surface area contributed by atoms with Crippen molar-refractivity contribution in [3.8, 4) is 0 Å². The number of sulfonamides is 2. The molecule has 1 aliphatic carbocycles. The molecule has 3 aliphatic rings. The second kappa shape index (κ2) is 12.2. The summed E-state index contributed by atoms with van der Waals surface area (Å²) >= 11 is 0. The average molecular weight is 587 g/mol. The Balaban J connectivity index is 1.47. The van der Waals surface area contributed by atoms with Crippen LogP contribution < -0.4 is 0 Å². The summed E-state index contributed by atoms with van der Waals surface area (Å²) in [5.41, 5.74) is 0.272. The van der Waals surface area contributed by atoms with Crippen LogP contribution in [0.1, 0.15) is 109 Å². The van der Waals surface area contributed by atoms with Crippen molar-refractivity contribution in [3.63, 3.8) is 0 Å².